The summed E-state index contributed by atoms with van der Waals surface area (Å²) in [5.74, 6) is -1.05. The molecule has 1 N–H and O–H groups in total. The molecule has 1 heterocycles. The van der Waals surface area contributed by atoms with Crippen LogP contribution in [0, 0.1) is 5.82 Å². The van der Waals surface area contributed by atoms with Gasteiger partial charge in [0.2, 0.25) is 0 Å². The fourth-order valence-corrected chi connectivity index (χ4v) is 3.45. The fourth-order valence-electron chi connectivity index (χ4n) is 3.45. The minimum absolute atomic E-state index is 0.0592. The number of ether oxygens (including phenoxy) is 2. The first kappa shape index (κ1) is 21.6. The van der Waals surface area contributed by atoms with E-state index in [1.165, 1.54) is 12.0 Å². The molecule has 0 saturated heterocycles. The van der Waals surface area contributed by atoms with E-state index in [0.717, 1.165) is 30.0 Å². The lowest BCUT2D eigenvalue weighted by Crippen LogP contribution is -2.42. The maximum absolute atomic E-state index is 13.6. The summed E-state index contributed by atoms with van der Waals surface area (Å²) in [4.78, 5) is 18.0. The molecule has 1 amide bonds. The summed E-state index contributed by atoms with van der Waals surface area (Å²) in [7, 11) is 1.31. The Hall–Kier alpha value is -3.07. The van der Waals surface area contributed by atoms with E-state index in [4.69, 9.17) is 4.74 Å². The largest absolute Gasteiger partial charge is 0.452 e. The summed E-state index contributed by atoms with van der Waals surface area (Å²) < 4.78 is 48.0. The number of carbonyl (C=O) groups is 1. The zero-order valence-corrected chi connectivity index (χ0v) is 16.4. The predicted molar refractivity (Wildman–Crippen MR) is 105 cm³/mol. The highest BCUT2D eigenvalue weighted by molar-refractivity contribution is 5.91. The Morgan fingerprint density at radius 3 is 2.80 bits per heavy atom. The number of carbonyl (C=O) groups excluding carboxylic acids is 1. The molecule has 0 aliphatic carbocycles. The molecule has 2 atom stereocenters. The van der Waals surface area contributed by atoms with Crippen molar-refractivity contribution in [3.05, 3.63) is 53.3 Å². The third-order valence-electron chi connectivity index (χ3n) is 4.87. The van der Waals surface area contributed by atoms with Crippen molar-refractivity contribution in [1.82, 2.24) is 0 Å². The van der Waals surface area contributed by atoms with E-state index in [0.29, 0.717) is 24.2 Å². The summed E-state index contributed by atoms with van der Waals surface area (Å²) in [6.07, 6.45) is 0.479. The average molecular weight is 422 g/mol. The van der Waals surface area contributed by atoms with Crippen molar-refractivity contribution in [2.45, 2.75) is 38.5 Å². The van der Waals surface area contributed by atoms with E-state index in [1.807, 2.05) is 6.92 Å². The summed E-state index contributed by atoms with van der Waals surface area (Å²) in [6, 6.07) is 8.02. The number of benzene rings is 2. The molecule has 0 bridgehead atoms. The molecule has 1 aliphatic heterocycles. The van der Waals surface area contributed by atoms with Crippen LogP contribution in [0.3, 0.4) is 0 Å². The van der Waals surface area contributed by atoms with E-state index in [2.05, 4.69) is 9.73 Å². The minimum Gasteiger partial charge on any atom is -0.452 e. The number of nitrogens with zero attached hydrogens (tertiary/aromatic N) is 2. The lowest BCUT2D eigenvalue weighted by molar-refractivity contribution is -0.0511. The van der Waals surface area contributed by atoms with Gasteiger partial charge in [-0.1, -0.05) is 6.07 Å². The van der Waals surface area contributed by atoms with Crippen LogP contribution >= 0.6 is 0 Å². The van der Waals surface area contributed by atoms with Gasteiger partial charge in [0.15, 0.2) is 0 Å². The van der Waals surface area contributed by atoms with Crippen LogP contribution < -0.4 is 9.64 Å². The number of aliphatic imine (C=N–C) groups is 1. The van der Waals surface area contributed by atoms with Crippen molar-refractivity contribution < 1.29 is 32.5 Å². The molecule has 0 saturated carbocycles. The first-order chi connectivity index (χ1) is 14.3. The normalized spacial score (nSPS) is 17.2. The highest BCUT2D eigenvalue weighted by atomic mass is 19.3. The quantitative estimate of drug-likeness (QED) is 0.705. The van der Waals surface area contributed by atoms with E-state index in [9.17, 15) is 23.1 Å². The highest BCUT2D eigenvalue weighted by Crippen LogP contribution is 2.37. The van der Waals surface area contributed by atoms with Gasteiger partial charge in [-0.05, 0) is 50.1 Å². The molecule has 9 heteroatoms. The summed E-state index contributed by atoms with van der Waals surface area (Å²) in [5.41, 5.74) is 1.76. The van der Waals surface area contributed by atoms with E-state index in [1.54, 1.807) is 18.2 Å². The van der Waals surface area contributed by atoms with Crippen LogP contribution in [0.5, 0.6) is 5.75 Å². The van der Waals surface area contributed by atoms with Crippen molar-refractivity contribution >= 4 is 23.7 Å². The molecular weight excluding hydrogens is 401 g/mol. The highest BCUT2D eigenvalue weighted by Gasteiger charge is 2.30. The van der Waals surface area contributed by atoms with Crippen LogP contribution in [0.1, 0.15) is 30.6 Å². The van der Waals surface area contributed by atoms with Crippen molar-refractivity contribution in [3.63, 3.8) is 0 Å². The Morgan fingerprint density at radius 1 is 1.33 bits per heavy atom. The van der Waals surface area contributed by atoms with Crippen LogP contribution in [0.2, 0.25) is 0 Å². The molecule has 30 heavy (non-hydrogen) atoms. The standard InChI is InChI=1S/C21H21F3N2O4/c1-12-6-8-14-16(4-3-5-17(14)26(12)21(28)29-2)25-11-18(27)15-10-13(22)7-9-19(15)30-20(23)24/h3-5,7,9-12,18,20,27H,6,8H2,1-2H3. The maximum Gasteiger partial charge on any atom is 0.414 e. The fraction of sp³-hybridized carbons (Fsp3) is 0.333. The molecule has 2 aromatic carbocycles. The van der Waals surface area contributed by atoms with Crippen molar-refractivity contribution in [3.8, 4) is 5.75 Å². The van der Waals surface area contributed by atoms with Gasteiger partial charge in [-0.15, -0.1) is 0 Å². The van der Waals surface area contributed by atoms with Crippen LogP contribution in [-0.2, 0) is 11.2 Å². The number of alkyl halides is 2. The van der Waals surface area contributed by atoms with Gasteiger partial charge in [0.05, 0.1) is 18.5 Å². The van der Waals surface area contributed by atoms with E-state index in [-0.39, 0.29) is 17.4 Å². The predicted octanol–water partition coefficient (Wildman–Crippen LogP) is 4.77. The number of hydrogen-bond donors (Lipinski definition) is 1. The van der Waals surface area contributed by atoms with Gasteiger partial charge in [0.1, 0.15) is 17.7 Å². The summed E-state index contributed by atoms with van der Waals surface area (Å²) in [5, 5.41) is 10.4. The average Bonchev–Trinajstić information content (AvgIpc) is 2.72. The third kappa shape index (κ3) is 4.56. The number of anilines is 1. The summed E-state index contributed by atoms with van der Waals surface area (Å²) in [6.45, 7) is -1.21. The van der Waals surface area contributed by atoms with Gasteiger partial charge in [-0.3, -0.25) is 9.89 Å². The molecule has 0 radical (unpaired) electrons. The van der Waals surface area contributed by atoms with Gasteiger partial charge in [0.25, 0.3) is 0 Å². The van der Waals surface area contributed by atoms with Gasteiger partial charge in [0, 0.05) is 23.4 Å². The van der Waals surface area contributed by atoms with Crippen molar-refractivity contribution in [2.24, 2.45) is 4.99 Å². The molecular formula is C21H21F3N2O4. The summed E-state index contributed by atoms with van der Waals surface area (Å²) >= 11 is 0. The first-order valence-corrected chi connectivity index (χ1v) is 9.27. The maximum atomic E-state index is 13.6. The lowest BCUT2D eigenvalue weighted by atomic mass is 9.95. The van der Waals surface area contributed by atoms with Crippen LogP contribution in [0.4, 0.5) is 29.3 Å². The Balaban J connectivity index is 1.92. The molecule has 0 aromatic heterocycles. The van der Waals surface area contributed by atoms with Gasteiger partial charge in [-0.2, -0.15) is 8.78 Å². The lowest BCUT2D eigenvalue weighted by Gasteiger charge is -2.34. The smallest absolute Gasteiger partial charge is 0.414 e. The molecule has 0 spiro atoms. The third-order valence-corrected chi connectivity index (χ3v) is 4.87. The molecule has 1 aliphatic rings. The number of fused-ring (bicyclic) bond motifs is 1. The molecule has 0 fully saturated rings. The number of hydrogen-bond acceptors (Lipinski definition) is 5. The Kier molecular flexibility index (Phi) is 6.61. The number of amides is 1. The van der Waals surface area contributed by atoms with Crippen molar-refractivity contribution in [1.29, 1.82) is 0 Å². The number of methoxy groups -OCH3 is 1. The number of rotatable bonds is 5. The number of aliphatic hydroxyl groups is 1. The Bertz CT molecular complexity index is 952. The second-order valence-corrected chi connectivity index (χ2v) is 6.79. The zero-order chi connectivity index (χ0) is 21.8. The van der Waals surface area contributed by atoms with Crippen LogP contribution in [0.25, 0.3) is 0 Å². The molecule has 2 aromatic rings. The molecule has 3 rings (SSSR count). The molecule has 6 nitrogen and oxygen atoms in total. The van der Waals surface area contributed by atoms with Crippen LogP contribution in [-0.4, -0.2) is 37.2 Å². The van der Waals surface area contributed by atoms with Crippen molar-refractivity contribution in [2.75, 3.05) is 12.0 Å². The van der Waals surface area contributed by atoms with Gasteiger partial charge >= 0.3 is 12.7 Å². The topological polar surface area (TPSA) is 71.4 Å². The Labute approximate surface area is 171 Å². The SMILES string of the molecule is COC(=O)N1c2cccc(N=CC(O)c3cc(F)ccc3OC(F)F)c2CCC1C. The first-order valence-electron chi connectivity index (χ1n) is 9.27. The van der Waals surface area contributed by atoms with Gasteiger partial charge in [-0.25, -0.2) is 9.18 Å². The number of aliphatic hydroxyl groups excluding tert-OH is 1. The molecule has 160 valence electrons. The minimum atomic E-state index is -3.12. The van der Waals surface area contributed by atoms with Crippen LogP contribution in [0.15, 0.2) is 41.4 Å². The number of halogens is 3. The van der Waals surface area contributed by atoms with Gasteiger partial charge < -0.3 is 14.6 Å². The zero-order valence-electron chi connectivity index (χ0n) is 16.4. The second-order valence-electron chi connectivity index (χ2n) is 6.79. The Morgan fingerprint density at radius 2 is 2.10 bits per heavy atom. The van der Waals surface area contributed by atoms with E-state index >= 15 is 0 Å². The van der Waals surface area contributed by atoms with E-state index < -0.39 is 24.6 Å². The molecule has 2 unspecified atom stereocenters. The second kappa shape index (κ2) is 9.17. The monoisotopic (exact) mass is 422 g/mol.